The van der Waals surface area contributed by atoms with E-state index in [4.69, 9.17) is 11.5 Å². The predicted octanol–water partition coefficient (Wildman–Crippen LogP) is 3.13. The maximum Gasteiger partial charge on any atom is 0.326 e. The molecule has 0 saturated carbocycles. The summed E-state index contributed by atoms with van der Waals surface area (Å²) in [5, 5.41) is 42.7. The molecule has 0 aliphatic rings. The Morgan fingerprint density at radius 2 is 0.870 bits per heavy atom. The molecular formula is C51H71N7O11. The summed E-state index contributed by atoms with van der Waals surface area (Å²) < 4.78 is 0. The first-order chi connectivity index (χ1) is 33.0. The molecular weight excluding hydrogens is 887 g/mol. The molecule has 3 rings (SSSR count). The molecule has 0 bridgehead atoms. The van der Waals surface area contributed by atoms with Gasteiger partial charge in [0.2, 0.25) is 41.4 Å². The number of unbranched alkanes of at least 4 members (excludes halogenated alkanes) is 11. The van der Waals surface area contributed by atoms with Crippen LogP contribution in [0.3, 0.4) is 0 Å². The van der Waals surface area contributed by atoms with Gasteiger partial charge in [-0.15, -0.1) is 0 Å². The molecule has 7 amide bonds. The van der Waals surface area contributed by atoms with Crippen LogP contribution < -0.4 is 38.1 Å². The van der Waals surface area contributed by atoms with Gasteiger partial charge < -0.3 is 53.4 Å². The zero-order valence-electron chi connectivity index (χ0n) is 39.5. The second kappa shape index (κ2) is 31.3. The number of benzene rings is 3. The number of nitrogens with one attached hydrogen (secondary N) is 5. The number of rotatable bonds is 34. The van der Waals surface area contributed by atoms with Crippen molar-refractivity contribution in [3.63, 3.8) is 0 Å². The van der Waals surface area contributed by atoms with Crippen molar-refractivity contribution in [2.75, 3.05) is 0 Å². The molecule has 0 heterocycles. The molecule has 0 spiro atoms. The summed E-state index contributed by atoms with van der Waals surface area (Å²) in [4.78, 5) is 101. The standard InChI is InChI=1S/C51H71N7O11/c1-34(59)46(50(67)56-40(31-37-26-28-38(60)29-27-37)48(65)55-39(47(53)64)30-35-20-14-12-15-21-35)58-45(63)25-19-11-9-7-5-3-2-4-6-8-10-18-24-44(62)54-41(33-43(52)61)49(66)57-42(51(68)69)32-36-22-16-13-17-23-36/h12-17,20-23,26-29,34,39-42,46,59-60H,2-11,18-19,24-25,30-33H2,1H3,(H2,52,61)(H2,53,64)(H,54,62)(H,55,65)(H,56,67)(H,57,66)(H,58,63)(H,68,69)/t34-,39+,40+,41+,42+,46+/m1/s1. The van der Waals surface area contributed by atoms with Crippen molar-refractivity contribution in [2.45, 2.75) is 159 Å². The zero-order valence-corrected chi connectivity index (χ0v) is 39.5. The van der Waals surface area contributed by atoms with E-state index in [1.165, 1.54) is 19.1 Å². The Balaban J connectivity index is 1.31. The minimum atomic E-state index is -1.36. The van der Waals surface area contributed by atoms with Gasteiger partial charge in [-0.3, -0.25) is 33.6 Å². The van der Waals surface area contributed by atoms with E-state index in [0.717, 1.165) is 69.8 Å². The summed E-state index contributed by atoms with van der Waals surface area (Å²) in [6.07, 6.45) is 9.51. The minimum Gasteiger partial charge on any atom is -0.508 e. The summed E-state index contributed by atoms with van der Waals surface area (Å²) in [5.74, 6) is -5.94. The summed E-state index contributed by atoms with van der Waals surface area (Å²) in [5.41, 5.74) is 13.0. The first-order valence-corrected chi connectivity index (χ1v) is 23.9. The number of aliphatic hydroxyl groups excluding tert-OH is 1. The number of primary amides is 2. The van der Waals surface area contributed by atoms with Crippen LogP contribution in [0.2, 0.25) is 0 Å². The number of phenolic OH excluding ortho intramolecular Hbond substituents is 1. The fourth-order valence-corrected chi connectivity index (χ4v) is 7.67. The predicted molar refractivity (Wildman–Crippen MR) is 259 cm³/mol. The average Bonchev–Trinajstić information content (AvgIpc) is 3.30. The van der Waals surface area contributed by atoms with Gasteiger partial charge in [0.25, 0.3) is 0 Å². The van der Waals surface area contributed by atoms with E-state index in [2.05, 4.69) is 26.6 Å². The number of carbonyl (C=O) groups excluding carboxylic acids is 7. The molecule has 6 atom stereocenters. The van der Waals surface area contributed by atoms with Crippen molar-refractivity contribution in [1.82, 2.24) is 26.6 Å². The topological polar surface area (TPSA) is 309 Å². The van der Waals surface area contributed by atoms with Gasteiger partial charge in [-0.2, -0.15) is 0 Å². The molecule has 0 aliphatic heterocycles. The highest BCUT2D eigenvalue weighted by Gasteiger charge is 2.32. The fraction of sp³-hybridized carbons (Fsp3) is 0.490. The van der Waals surface area contributed by atoms with Crippen LogP contribution >= 0.6 is 0 Å². The molecule has 0 radical (unpaired) electrons. The molecule has 69 heavy (non-hydrogen) atoms. The van der Waals surface area contributed by atoms with Crippen molar-refractivity contribution in [3.8, 4) is 5.75 Å². The molecule has 0 fully saturated rings. The number of aliphatic carboxylic acids is 1. The van der Waals surface area contributed by atoms with Crippen LogP contribution in [0.25, 0.3) is 0 Å². The zero-order chi connectivity index (χ0) is 50.6. The highest BCUT2D eigenvalue weighted by atomic mass is 16.4. The lowest BCUT2D eigenvalue weighted by Crippen LogP contribution is -2.59. The summed E-state index contributed by atoms with van der Waals surface area (Å²) in [6.45, 7) is 1.36. The second-order valence-electron chi connectivity index (χ2n) is 17.5. The van der Waals surface area contributed by atoms with Crippen LogP contribution in [0.4, 0.5) is 0 Å². The number of carboxylic acid groups (broad SMARTS) is 1. The second-order valence-corrected chi connectivity index (χ2v) is 17.5. The largest absolute Gasteiger partial charge is 0.508 e. The van der Waals surface area contributed by atoms with E-state index in [0.29, 0.717) is 24.0 Å². The van der Waals surface area contributed by atoms with Crippen LogP contribution in [0.1, 0.15) is 120 Å². The summed E-state index contributed by atoms with van der Waals surface area (Å²) >= 11 is 0. The Morgan fingerprint density at radius 1 is 0.478 bits per heavy atom. The molecule has 0 aromatic heterocycles. The molecule has 3 aromatic rings. The van der Waals surface area contributed by atoms with E-state index in [1.807, 2.05) is 6.07 Å². The summed E-state index contributed by atoms with van der Waals surface area (Å²) in [6, 6.07) is 17.6. The normalized spacial score (nSPS) is 13.6. The quantitative estimate of drug-likeness (QED) is 0.0388. The molecule has 18 heteroatoms. The van der Waals surface area contributed by atoms with Gasteiger partial charge in [-0.1, -0.05) is 137 Å². The lowest BCUT2D eigenvalue weighted by Gasteiger charge is -2.26. The van der Waals surface area contributed by atoms with E-state index in [9.17, 15) is 53.7 Å². The third-order valence-electron chi connectivity index (χ3n) is 11.5. The number of nitrogens with two attached hydrogens (primary N) is 2. The monoisotopic (exact) mass is 958 g/mol. The van der Waals surface area contributed by atoms with Gasteiger partial charge in [0.05, 0.1) is 12.5 Å². The summed E-state index contributed by atoms with van der Waals surface area (Å²) in [7, 11) is 0. The molecule has 0 aliphatic carbocycles. The van der Waals surface area contributed by atoms with E-state index < -0.39 is 90.1 Å². The minimum absolute atomic E-state index is 0.0105. The fourth-order valence-electron chi connectivity index (χ4n) is 7.67. The number of hydrogen-bond acceptors (Lipinski definition) is 10. The van der Waals surface area contributed by atoms with Gasteiger partial charge in [-0.05, 0) is 48.6 Å². The number of carboxylic acids is 1. The number of amides is 7. The maximum atomic E-state index is 13.6. The van der Waals surface area contributed by atoms with Gasteiger partial charge in [0.15, 0.2) is 0 Å². The van der Waals surface area contributed by atoms with Gasteiger partial charge in [-0.25, -0.2) is 4.79 Å². The smallest absolute Gasteiger partial charge is 0.326 e. The third kappa shape index (κ3) is 23.2. The van der Waals surface area contributed by atoms with Crippen molar-refractivity contribution in [2.24, 2.45) is 11.5 Å². The first-order valence-electron chi connectivity index (χ1n) is 23.9. The number of carbonyl (C=O) groups is 8. The Labute approximate surface area is 404 Å². The highest BCUT2D eigenvalue weighted by Crippen LogP contribution is 2.15. The maximum absolute atomic E-state index is 13.6. The van der Waals surface area contributed by atoms with Gasteiger partial charge >= 0.3 is 5.97 Å². The SMILES string of the molecule is C[C@@H](O)[C@H](NC(=O)CCCCCCCCCCCCCCC(=O)N[C@@H](CC(N)=O)C(=O)N[C@@H](Cc1ccccc1)C(=O)O)C(=O)N[C@@H](Cc1ccc(O)cc1)C(=O)N[C@@H](Cc1ccccc1)C(N)=O. The number of hydrogen-bond donors (Lipinski definition) is 10. The lowest BCUT2D eigenvalue weighted by molar-refractivity contribution is -0.142. The van der Waals surface area contributed by atoms with Crippen molar-refractivity contribution < 1.29 is 53.7 Å². The molecule has 18 nitrogen and oxygen atoms in total. The van der Waals surface area contributed by atoms with Gasteiger partial charge in [0.1, 0.15) is 36.0 Å². The molecule has 3 aromatic carbocycles. The molecule has 0 saturated heterocycles. The highest BCUT2D eigenvalue weighted by molar-refractivity contribution is 5.95. The third-order valence-corrected chi connectivity index (χ3v) is 11.5. The number of aliphatic hydroxyl groups is 1. The van der Waals surface area contributed by atoms with E-state index in [-0.39, 0.29) is 37.9 Å². The Morgan fingerprint density at radius 3 is 1.32 bits per heavy atom. The molecule has 12 N–H and O–H groups in total. The Bertz CT molecular complexity index is 2090. The van der Waals surface area contributed by atoms with Crippen LogP contribution in [-0.4, -0.2) is 99.0 Å². The van der Waals surface area contributed by atoms with E-state index in [1.54, 1.807) is 66.7 Å². The van der Waals surface area contributed by atoms with Crippen LogP contribution in [0, 0.1) is 0 Å². The van der Waals surface area contributed by atoms with Crippen LogP contribution in [0.15, 0.2) is 84.9 Å². The van der Waals surface area contributed by atoms with Crippen LogP contribution in [-0.2, 0) is 57.6 Å². The Kier molecular flexibility index (Phi) is 25.6. The Hall–Kier alpha value is -6.82. The number of aromatic hydroxyl groups is 1. The number of phenols is 1. The van der Waals surface area contributed by atoms with Crippen molar-refractivity contribution in [3.05, 3.63) is 102 Å². The van der Waals surface area contributed by atoms with Crippen LogP contribution in [0.5, 0.6) is 5.75 Å². The molecule has 0 unspecified atom stereocenters. The lowest BCUT2D eigenvalue weighted by atomic mass is 10.0. The van der Waals surface area contributed by atoms with Crippen molar-refractivity contribution >= 4 is 47.3 Å². The average molecular weight is 958 g/mol. The van der Waals surface area contributed by atoms with Gasteiger partial charge in [0, 0.05) is 32.1 Å². The van der Waals surface area contributed by atoms with E-state index >= 15 is 0 Å². The first kappa shape index (κ1) is 56.5. The molecule has 376 valence electrons. The van der Waals surface area contributed by atoms with Crippen molar-refractivity contribution in [1.29, 1.82) is 0 Å².